The minimum Gasteiger partial charge on any atom is -0.384 e. The SMILES string of the molecule is CCC(CC)C1=CNNC(N)=C1. The summed E-state index contributed by atoms with van der Waals surface area (Å²) in [7, 11) is 0. The minimum absolute atomic E-state index is 0.623. The fourth-order valence-electron chi connectivity index (χ4n) is 1.46. The van der Waals surface area contributed by atoms with E-state index in [0.29, 0.717) is 11.7 Å². The molecule has 0 saturated carbocycles. The maximum absolute atomic E-state index is 5.62. The normalized spacial score (nSPS) is 16.2. The van der Waals surface area contributed by atoms with Crippen LogP contribution in [0.1, 0.15) is 26.7 Å². The molecule has 0 aliphatic carbocycles. The third-order valence-corrected chi connectivity index (χ3v) is 2.23. The number of nitrogens with one attached hydrogen (secondary N) is 2. The van der Waals surface area contributed by atoms with Crippen LogP contribution in [0.5, 0.6) is 0 Å². The van der Waals surface area contributed by atoms with Crippen molar-refractivity contribution in [2.45, 2.75) is 26.7 Å². The summed E-state index contributed by atoms with van der Waals surface area (Å²) in [6.07, 6.45) is 6.30. The Balaban J connectivity index is 2.67. The van der Waals surface area contributed by atoms with E-state index in [0.717, 1.165) is 12.8 Å². The third-order valence-electron chi connectivity index (χ3n) is 2.23. The Bertz CT molecular complexity index is 202. The van der Waals surface area contributed by atoms with E-state index in [2.05, 4.69) is 24.7 Å². The van der Waals surface area contributed by atoms with Gasteiger partial charge in [-0.3, -0.25) is 5.43 Å². The minimum atomic E-state index is 0.623. The molecule has 1 heterocycles. The predicted molar refractivity (Wildman–Crippen MR) is 50.7 cm³/mol. The standard InChI is InChI=1S/C9H17N3/c1-3-7(4-2)8-5-9(10)12-11-6-8/h5-7,11-12H,3-4,10H2,1-2H3. The maximum atomic E-state index is 5.62. The van der Waals surface area contributed by atoms with Crippen LogP contribution in [0.15, 0.2) is 23.7 Å². The van der Waals surface area contributed by atoms with Crippen molar-refractivity contribution in [3.05, 3.63) is 23.7 Å². The first-order chi connectivity index (χ1) is 5.77. The fourth-order valence-corrected chi connectivity index (χ4v) is 1.46. The van der Waals surface area contributed by atoms with Crippen molar-refractivity contribution in [2.24, 2.45) is 11.7 Å². The number of hydrogen-bond acceptors (Lipinski definition) is 3. The Kier molecular flexibility index (Phi) is 3.02. The van der Waals surface area contributed by atoms with Crippen LogP contribution in [0.2, 0.25) is 0 Å². The van der Waals surface area contributed by atoms with E-state index >= 15 is 0 Å². The second-order valence-corrected chi connectivity index (χ2v) is 3.03. The van der Waals surface area contributed by atoms with Crippen molar-refractivity contribution in [1.82, 2.24) is 10.9 Å². The van der Waals surface area contributed by atoms with Crippen LogP contribution < -0.4 is 16.6 Å². The monoisotopic (exact) mass is 167 g/mol. The van der Waals surface area contributed by atoms with Gasteiger partial charge in [0.2, 0.25) is 0 Å². The van der Waals surface area contributed by atoms with Crippen LogP contribution in [0.3, 0.4) is 0 Å². The summed E-state index contributed by atoms with van der Waals surface area (Å²) in [4.78, 5) is 0. The Morgan fingerprint density at radius 1 is 1.42 bits per heavy atom. The first kappa shape index (κ1) is 8.97. The molecule has 0 saturated heterocycles. The number of nitrogens with two attached hydrogens (primary N) is 1. The first-order valence-corrected chi connectivity index (χ1v) is 4.46. The first-order valence-electron chi connectivity index (χ1n) is 4.46. The molecular formula is C9H17N3. The van der Waals surface area contributed by atoms with Crippen molar-refractivity contribution < 1.29 is 0 Å². The van der Waals surface area contributed by atoms with Crippen molar-refractivity contribution >= 4 is 0 Å². The molecule has 0 atom stereocenters. The zero-order valence-electron chi connectivity index (χ0n) is 7.72. The van der Waals surface area contributed by atoms with Gasteiger partial charge >= 0.3 is 0 Å². The molecule has 0 radical (unpaired) electrons. The van der Waals surface area contributed by atoms with Crippen LogP contribution in [0, 0.1) is 5.92 Å². The summed E-state index contributed by atoms with van der Waals surface area (Å²) >= 11 is 0. The average molecular weight is 167 g/mol. The smallest absolute Gasteiger partial charge is 0.115 e. The van der Waals surface area contributed by atoms with Crippen LogP contribution in [0.25, 0.3) is 0 Å². The van der Waals surface area contributed by atoms with Crippen LogP contribution in [0.4, 0.5) is 0 Å². The molecule has 0 aromatic rings. The quantitative estimate of drug-likeness (QED) is 0.592. The van der Waals surface area contributed by atoms with Gasteiger partial charge in [-0.1, -0.05) is 13.8 Å². The molecule has 0 aromatic carbocycles. The summed E-state index contributed by atoms with van der Waals surface area (Å²) < 4.78 is 0. The topological polar surface area (TPSA) is 50.1 Å². The number of hydrogen-bond donors (Lipinski definition) is 3. The molecule has 68 valence electrons. The van der Waals surface area contributed by atoms with Crippen molar-refractivity contribution in [3.63, 3.8) is 0 Å². The van der Waals surface area contributed by atoms with Gasteiger partial charge < -0.3 is 11.2 Å². The molecule has 12 heavy (non-hydrogen) atoms. The number of allylic oxidation sites excluding steroid dienone is 2. The molecule has 4 N–H and O–H groups in total. The molecule has 0 unspecified atom stereocenters. The third kappa shape index (κ3) is 1.94. The van der Waals surface area contributed by atoms with E-state index in [9.17, 15) is 0 Å². The van der Waals surface area contributed by atoms with Crippen LogP contribution in [-0.4, -0.2) is 0 Å². The van der Waals surface area contributed by atoms with E-state index in [4.69, 9.17) is 5.73 Å². The number of rotatable bonds is 3. The largest absolute Gasteiger partial charge is 0.384 e. The van der Waals surface area contributed by atoms with E-state index in [1.165, 1.54) is 5.57 Å². The summed E-state index contributed by atoms with van der Waals surface area (Å²) in [5.74, 6) is 1.32. The molecule has 0 aromatic heterocycles. The highest BCUT2D eigenvalue weighted by Gasteiger charge is 2.10. The fraction of sp³-hybridized carbons (Fsp3) is 0.556. The molecule has 1 rings (SSSR count). The summed E-state index contributed by atoms with van der Waals surface area (Å²) in [5.41, 5.74) is 12.7. The molecule has 3 heteroatoms. The molecule has 0 fully saturated rings. The van der Waals surface area contributed by atoms with Crippen molar-refractivity contribution in [3.8, 4) is 0 Å². The van der Waals surface area contributed by atoms with Gasteiger partial charge in [-0.15, -0.1) is 0 Å². The number of hydrazine groups is 1. The van der Waals surface area contributed by atoms with Gasteiger partial charge in [-0.25, -0.2) is 0 Å². The molecule has 0 amide bonds. The molecular weight excluding hydrogens is 150 g/mol. The maximum Gasteiger partial charge on any atom is 0.115 e. The molecule has 3 nitrogen and oxygen atoms in total. The lowest BCUT2D eigenvalue weighted by atomic mass is 9.94. The van der Waals surface area contributed by atoms with Gasteiger partial charge in [0, 0.05) is 6.20 Å². The Morgan fingerprint density at radius 2 is 2.08 bits per heavy atom. The van der Waals surface area contributed by atoms with E-state index < -0.39 is 0 Å². The van der Waals surface area contributed by atoms with Crippen LogP contribution >= 0.6 is 0 Å². The highest BCUT2D eigenvalue weighted by Crippen LogP contribution is 2.20. The Morgan fingerprint density at radius 3 is 2.58 bits per heavy atom. The second-order valence-electron chi connectivity index (χ2n) is 3.03. The Labute approximate surface area is 73.7 Å². The molecule has 1 aliphatic rings. The summed E-state index contributed by atoms with van der Waals surface area (Å²) in [6, 6.07) is 0. The summed E-state index contributed by atoms with van der Waals surface area (Å²) in [6.45, 7) is 4.39. The Hall–Kier alpha value is -1.12. The van der Waals surface area contributed by atoms with E-state index in [-0.39, 0.29) is 0 Å². The van der Waals surface area contributed by atoms with Gasteiger partial charge in [-0.05, 0) is 30.4 Å². The highest BCUT2D eigenvalue weighted by atomic mass is 15.4. The second kappa shape index (κ2) is 4.04. The molecule has 0 bridgehead atoms. The van der Waals surface area contributed by atoms with Gasteiger partial charge in [0.25, 0.3) is 0 Å². The van der Waals surface area contributed by atoms with Gasteiger partial charge in [-0.2, -0.15) is 0 Å². The predicted octanol–water partition coefficient (Wildman–Crippen LogP) is 1.21. The van der Waals surface area contributed by atoms with Gasteiger partial charge in [0.15, 0.2) is 0 Å². The van der Waals surface area contributed by atoms with Crippen molar-refractivity contribution in [1.29, 1.82) is 0 Å². The van der Waals surface area contributed by atoms with Gasteiger partial charge in [0.1, 0.15) is 5.82 Å². The average Bonchev–Trinajstić information content (AvgIpc) is 2.07. The van der Waals surface area contributed by atoms with Crippen LogP contribution in [-0.2, 0) is 0 Å². The van der Waals surface area contributed by atoms with Gasteiger partial charge in [0.05, 0.1) is 0 Å². The lowest BCUT2D eigenvalue weighted by molar-refractivity contribution is 0.563. The van der Waals surface area contributed by atoms with Crippen molar-refractivity contribution in [2.75, 3.05) is 0 Å². The highest BCUT2D eigenvalue weighted by molar-refractivity contribution is 5.26. The van der Waals surface area contributed by atoms with E-state index in [1.807, 2.05) is 12.3 Å². The summed E-state index contributed by atoms with van der Waals surface area (Å²) in [5, 5.41) is 0. The lowest BCUT2D eigenvalue weighted by Crippen LogP contribution is -2.34. The zero-order valence-corrected chi connectivity index (χ0v) is 7.72. The lowest BCUT2D eigenvalue weighted by Gasteiger charge is -2.19. The van der Waals surface area contributed by atoms with E-state index in [1.54, 1.807) is 0 Å². The molecule has 1 aliphatic heterocycles. The molecule has 0 spiro atoms. The zero-order chi connectivity index (χ0) is 8.97.